The molecular weight excluding hydrogens is 236 g/mol. The Morgan fingerprint density at radius 1 is 1.44 bits per heavy atom. The number of ether oxygens (including phenoxy) is 1. The molecule has 1 aromatic rings. The summed E-state index contributed by atoms with van der Waals surface area (Å²) in [6.45, 7) is 0.749. The van der Waals surface area contributed by atoms with Crippen molar-refractivity contribution in [1.82, 2.24) is 15.6 Å². The maximum atomic E-state index is 11.6. The fraction of sp³-hybridized carbons (Fsp3) is 0.364. The SMILES string of the molecule is COCCNC(=O)CNC(=O)c1ccnc(N)c1. The number of rotatable bonds is 6. The second-order valence-electron chi connectivity index (χ2n) is 3.49. The molecule has 18 heavy (non-hydrogen) atoms. The van der Waals surface area contributed by atoms with E-state index in [0.29, 0.717) is 18.7 Å². The minimum absolute atomic E-state index is 0.0925. The van der Waals surface area contributed by atoms with Crippen molar-refractivity contribution in [3.8, 4) is 0 Å². The van der Waals surface area contributed by atoms with E-state index in [9.17, 15) is 9.59 Å². The molecule has 0 aromatic carbocycles. The van der Waals surface area contributed by atoms with Crippen LogP contribution in [0.15, 0.2) is 18.3 Å². The van der Waals surface area contributed by atoms with Crippen LogP contribution >= 0.6 is 0 Å². The highest BCUT2D eigenvalue weighted by Gasteiger charge is 2.07. The largest absolute Gasteiger partial charge is 0.384 e. The van der Waals surface area contributed by atoms with Gasteiger partial charge in [-0.2, -0.15) is 0 Å². The molecule has 0 aliphatic carbocycles. The first kappa shape index (κ1) is 13.9. The van der Waals surface area contributed by atoms with E-state index in [2.05, 4.69) is 15.6 Å². The van der Waals surface area contributed by atoms with Crippen molar-refractivity contribution in [2.75, 3.05) is 32.5 Å². The molecule has 0 spiro atoms. The van der Waals surface area contributed by atoms with Gasteiger partial charge in [0.1, 0.15) is 5.82 Å². The second-order valence-corrected chi connectivity index (χ2v) is 3.49. The molecule has 1 aromatic heterocycles. The number of nitrogens with two attached hydrogens (primary N) is 1. The van der Waals surface area contributed by atoms with E-state index in [0.717, 1.165) is 0 Å². The van der Waals surface area contributed by atoms with Crippen LogP contribution in [0.5, 0.6) is 0 Å². The predicted octanol–water partition coefficient (Wildman–Crippen LogP) is -0.844. The fourth-order valence-electron chi connectivity index (χ4n) is 1.21. The summed E-state index contributed by atoms with van der Waals surface area (Å²) in [6.07, 6.45) is 1.43. The summed E-state index contributed by atoms with van der Waals surface area (Å²) in [6, 6.07) is 2.96. The molecule has 2 amide bonds. The average Bonchev–Trinajstić information content (AvgIpc) is 2.36. The number of amides is 2. The number of nitrogen functional groups attached to an aromatic ring is 1. The molecule has 0 bridgehead atoms. The summed E-state index contributed by atoms with van der Waals surface area (Å²) in [5.74, 6) is -0.388. The second kappa shape index (κ2) is 7.23. The van der Waals surface area contributed by atoms with Crippen LogP contribution in [-0.2, 0) is 9.53 Å². The number of carbonyl (C=O) groups excluding carboxylic acids is 2. The van der Waals surface area contributed by atoms with Crippen molar-refractivity contribution in [3.05, 3.63) is 23.9 Å². The van der Waals surface area contributed by atoms with Gasteiger partial charge in [0.05, 0.1) is 13.2 Å². The summed E-state index contributed by atoms with van der Waals surface area (Å²) in [5.41, 5.74) is 5.82. The van der Waals surface area contributed by atoms with E-state index in [4.69, 9.17) is 10.5 Å². The lowest BCUT2D eigenvalue weighted by molar-refractivity contribution is -0.120. The normalized spacial score (nSPS) is 9.83. The fourth-order valence-corrected chi connectivity index (χ4v) is 1.21. The number of carbonyl (C=O) groups is 2. The van der Waals surface area contributed by atoms with E-state index in [1.807, 2.05) is 0 Å². The molecule has 7 heteroatoms. The number of aromatic nitrogens is 1. The third kappa shape index (κ3) is 4.79. The van der Waals surface area contributed by atoms with Crippen LogP contribution in [0.25, 0.3) is 0 Å². The van der Waals surface area contributed by atoms with Gasteiger partial charge in [-0.1, -0.05) is 0 Å². The first-order valence-corrected chi connectivity index (χ1v) is 5.39. The van der Waals surface area contributed by atoms with Crippen LogP contribution in [0.3, 0.4) is 0 Å². The summed E-state index contributed by atoms with van der Waals surface area (Å²) >= 11 is 0. The molecule has 0 aliphatic rings. The Bertz CT molecular complexity index is 423. The van der Waals surface area contributed by atoms with Crippen molar-refractivity contribution in [3.63, 3.8) is 0 Å². The van der Waals surface area contributed by atoms with Crippen LogP contribution in [-0.4, -0.2) is 43.6 Å². The molecule has 0 atom stereocenters. The lowest BCUT2D eigenvalue weighted by Crippen LogP contribution is -2.38. The highest BCUT2D eigenvalue weighted by molar-refractivity contribution is 5.96. The van der Waals surface area contributed by atoms with Gasteiger partial charge in [-0.15, -0.1) is 0 Å². The summed E-state index contributed by atoms with van der Waals surface area (Å²) in [5, 5.41) is 5.06. The first-order chi connectivity index (χ1) is 8.63. The summed E-state index contributed by atoms with van der Waals surface area (Å²) in [4.78, 5) is 26.7. The quantitative estimate of drug-likeness (QED) is 0.572. The lowest BCUT2D eigenvalue weighted by Gasteiger charge is -2.06. The molecule has 0 saturated carbocycles. The van der Waals surface area contributed by atoms with Gasteiger partial charge in [0.25, 0.3) is 5.91 Å². The molecule has 1 heterocycles. The highest BCUT2D eigenvalue weighted by Crippen LogP contribution is 2.01. The minimum atomic E-state index is -0.369. The number of hydrogen-bond donors (Lipinski definition) is 3. The molecule has 7 nitrogen and oxygen atoms in total. The number of anilines is 1. The Balaban J connectivity index is 2.35. The number of hydrogen-bond acceptors (Lipinski definition) is 5. The van der Waals surface area contributed by atoms with Crippen LogP contribution in [0.4, 0.5) is 5.82 Å². The Kier molecular flexibility index (Phi) is 5.59. The molecule has 0 unspecified atom stereocenters. The molecule has 0 saturated heterocycles. The topological polar surface area (TPSA) is 106 Å². The molecule has 1 rings (SSSR count). The van der Waals surface area contributed by atoms with Crippen LogP contribution in [0, 0.1) is 0 Å². The highest BCUT2D eigenvalue weighted by atomic mass is 16.5. The molecular formula is C11H16N4O3. The van der Waals surface area contributed by atoms with Crippen molar-refractivity contribution in [2.24, 2.45) is 0 Å². The van der Waals surface area contributed by atoms with Gasteiger partial charge in [-0.25, -0.2) is 4.98 Å². The molecule has 0 aliphatic heterocycles. The van der Waals surface area contributed by atoms with E-state index in [-0.39, 0.29) is 24.2 Å². The zero-order chi connectivity index (χ0) is 13.4. The van der Waals surface area contributed by atoms with Crippen LogP contribution in [0.1, 0.15) is 10.4 Å². The van der Waals surface area contributed by atoms with Gasteiger partial charge in [-0.05, 0) is 12.1 Å². The van der Waals surface area contributed by atoms with Crippen molar-refractivity contribution >= 4 is 17.6 Å². The van der Waals surface area contributed by atoms with Crippen LogP contribution < -0.4 is 16.4 Å². The molecule has 98 valence electrons. The van der Waals surface area contributed by atoms with Gasteiger partial charge >= 0.3 is 0 Å². The molecule has 0 radical (unpaired) electrons. The summed E-state index contributed by atoms with van der Waals surface area (Å²) in [7, 11) is 1.54. The molecule has 4 N–H and O–H groups in total. The predicted molar refractivity (Wildman–Crippen MR) is 65.9 cm³/mol. The Morgan fingerprint density at radius 3 is 2.89 bits per heavy atom. The lowest BCUT2D eigenvalue weighted by atomic mass is 10.2. The summed E-state index contributed by atoms with van der Waals surface area (Å²) < 4.78 is 4.78. The Hall–Kier alpha value is -2.15. The van der Waals surface area contributed by atoms with Gasteiger partial charge in [0.15, 0.2) is 0 Å². The smallest absolute Gasteiger partial charge is 0.251 e. The number of nitrogens with zero attached hydrogens (tertiary/aromatic N) is 1. The maximum Gasteiger partial charge on any atom is 0.251 e. The van der Waals surface area contributed by atoms with Gasteiger partial charge in [-0.3, -0.25) is 9.59 Å². The van der Waals surface area contributed by atoms with Crippen molar-refractivity contribution in [2.45, 2.75) is 0 Å². The van der Waals surface area contributed by atoms with E-state index >= 15 is 0 Å². The minimum Gasteiger partial charge on any atom is -0.384 e. The maximum absolute atomic E-state index is 11.6. The van der Waals surface area contributed by atoms with Crippen LogP contribution in [0.2, 0.25) is 0 Å². The van der Waals surface area contributed by atoms with Crippen molar-refractivity contribution in [1.29, 1.82) is 0 Å². The van der Waals surface area contributed by atoms with E-state index in [1.165, 1.54) is 18.3 Å². The van der Waals surface area contributed by atoms with Crippen molar-refractivity contribution < 1.29 is 14.3 Å². The zero-order valence-corrected chi connectivity index (χ0v) is 10.1. The Morgan fingerprint density at radius 2 is 2.22 bits per heavy atom. The first-order valence-electron chi connectivity index (χ1n) is 5.39. The van der Waals surface area contributed by atoms with Gasteiger partial charge in [0, 0.05) is 25.4 Å². The zero-order valence-electron chi connectivity index (χ0n) is 10.1. The number of nitrogens with one attached hydrogen (secondary N) is 2. The van der Waals surface area contributed by atoms with E-state index < -0.39 is 0 Å². The number of methoxy groups -OCH3 is 1. The van der Waals surface area contributed by atoms with E-state index in [1.54, 1.807) is 7.11 Å². The third-order valence-electron chi connectivity index (χ3n) is 2.08. The Labute approximate surface area is 105 Å². The standard InChI is InChI=1S/C11H16N4O3/c1-18-5-4-14-10(16)7-15-11(17)8-2-3-13-9(12)6-8/h2-3,6H,4-5,7H2,1H3,(H2,12,13)(H,14,16)(H,15,17). The van der Waals surface area contributed by atoms with Gasteiger partial charge in [0.2, 0.25) is 5.91 Å². The molecule has 0 fully saturated rings. The van der Waals surface area contributed by atoms with Gasteiger partial charge < -0.3 is 21.1 Å². The average molecular weight is 252 g/mol. The monoisotopic (exact) mass is 252 g/mol. The number of pyridine rings is 1. The third-order valence-corrected chi connectivity index (χ3v) is 2.08.